The van der Waals surface area contributed by atoms with E-state index < -0.39 is 5.97 Å². The van der Waals surface area contributed by atoms with E-state index in [0.717, 1.165) is 17.9 Å². The lowest BCUT2D eigenvalue weighted by atomic mass is 10.1. The van der Waals surface area contributed by atoms with Crippen LogP contribution in [-0.4, -0.2) is 42.2 Å². The van der Waals surface area contributed by atoms with Crippen molar-refractivity contribution in [3.63, 3.8) is 0 Å². The molecular weight excluding hydrogens is 266 g/mol. The Kier molecular flexibility index (Phi) is 6.12. The van der Waals surface area contributed by atoms with E-state index in [2.05, 4.69) is 4.90 Å². The molecule has 5 heteroatoms. The highest BCUT2D eigenvalue weighted by molar-refractivity contribution is 5.89. The van der Waals surface area contributed by atoms with Gasteiger partial charge in [0.15, 0.2) is 0 Å². The SMILES string of the molecule is Cc1cc(OCCN2CCCC2)ccc1C(=O)O.Cl. The Morgan fingerprint density at radius 2 is 2.05 bits per heavy atom. The molecular formula is C14H20ClNO3. The first-order valence-corrected chi connectivity index (χ1v) is 6.36. The first kappa shape index (κ1) is 15.8. The molecule has 0 atom stereocenters. The molecule has 0 unspecified atom stereocenters. The fourth-order valence-corrected chi connectivity index (χ4v) is 2.26. The summed E-state index contributed by atoms with van der Waals surface area (Å²) in [5, 5.41) is 8.93. The summed E-state index contributed by atoms with van der Waals surface area (Å²) >= 11 is 0. The Morgan fingerprint density at radius 1 is 1.37 bits per heavy atom. The van der Waals surface area contributed by atoms with Crippen LogP contribution in [-0.2, 0) is 0 Å². The number of carboxylic acid groups (broad SMARTS) is 1. The van der Waals surface area contributed by atoms with Gasteiger partial charge in [0.25, 0.3) is 0 Å². The molecule has 1 N–H and O–H groups in total. The van der Waals surface area contributed by atoms with Crippen LogP contribution in [0.5, 0.6) is 5.75 Å². The Morgan fingerprint density at radius 3 is 2.63 bits per heavy atom. The third-order valence-corrected chi connectivity index (χ3v) is 3.30. The molecule has 4 nitrogen and oxygen atoms in total. The van der Waals surface area contributed by atoms with Crippen molar-refractivity contribution in [2.24, 2.45) is 0 Å². The minimum Gasteiger partial charge on any atom is -0.492 e. The summed E-state index contributed by atoms with van der Waals surface area (Å²) in [6.45, 7) is 5.73. The second-order valence-electron chi connectivity index (χ2n) is 4.68. The zero-order chi connectivity index (χ0) is 13.0. The number of rotatable bonds is 5. The van der Waals surface area contributed by atoms with Gasteiger partial charge in [0, 0.05) is 6.54 Å². The number of hydrogen-bond acceptors (Lipinski definition) is 3. The average molecular weight is 286 g/mol. The van der Waals surface area contributed by atoms with Crippen LogP contribution in [0, 0.1) is 6.92 Å². The number of benzene rings is 1. The van der Waals surface area contributed by atoms with Crippen LogP contribution in [0.25, 0.3) is 0 Å². The van der Waals surface area contributed by atoms with Crippen LogP contribution >= 0.6 is 12.4 Å². The van der Waals surface area contributed by atoms with E-state index in [4.69, 9.17) is 9.84 Å². The minimum absolute atomic E-state index is 0. The van der Waals surface area contributed by atoms with Gasteiger partial charge in [0.1, 0.15) is 12.4 Å². The average Bonchev–Trinajstić information content (AvgIpc) is 2.81. The van der Waals surface area contributed by atoms with Crippen LogP contribution in [0.2, 0.25) is 0 Å². The van der Waals surface area contributed by atoms with Crippen molar-refractivity contribution in [3.05, 3.63) is 29.3 Å². The van der Waals surface area contributed by atoms with Gasteiger partial charge in [-0.1, -0.05) is 0 Å². The summed E-state index contributed by atoms with van der Waals surface area (Å²) in [4.78, 5) is 13.3. The standard InChI is InChI=1S/C14H19NO3.ClH/c1-11-10-12(4-5-13(11)14(16)17)18-9-8-15-6-2-3-7-15;/h4-5,10H,2-3,6-9H2,1H3,(H,16,17);1H. The molecule has 0 aromatic heterocycles. The van der Waals surface area contributed by atoms with Gasteiger partial charge < -0.3 is 9.84 Å². The van der Waals surface area contributed by atoms with E-state index in [1.165, 1.54) is 25.9 Å². The van der Waals surface area contributed by atoms with E-state index in [0.29, 0.717) is 12.2 Å². The highest BCUT2D eigenvalue weighted by Crippen LogP contribution is 2.17. The summed E-state index contributed by atoms with van der Waals surface area (Å²) in [5.41, 5.74) is 1.07. The van der Waals surface area contributed by atoms with E-state index in [1.54, 1.807) is 25.1 Å². The van der Waals surface area contributed by atoms with Crippen molar-refractivity contribution in [1.82, 2.24) is 4.90 Å². The normalized spacial score (nSPS) is 15.0. The Hall–Kier alpha value is -1.26. The van der Waals surface area contributed by atoms with Gasteiger partial charge in [0.05, 0.1) is 5.56 Å². The van der Waals surface area contributed by atoms with Crippen LogP contribution in [0.1, 0.15) is 28.8 Å². The van der Waals surface area contributed by atoms with Crippen LogP contribution < -0.4 is 4.74 Å². The molecule has 0 aliphatic carbocycles. The monoisotopic (exact) mass is 285 g/mol. The molecule has 0 spiro atoms. The first-order chi connectivity index (χ1) is 8.66. The number of aryl methyl sites for hydroxylation is 1. The third-order valence-electron chi connectivity index (χ3n) is 3.30. The molecule has 1 saturated heterocycles. The van der Waals surface area contributed by atoms with Gasteiger partial charge in [-0.3, -0.25) is 4.90 Å². The molecule has 2 rings (SSSR count). The molecule has 19 heavy (non-hydrogen) atoms. The molecule has 1 fully saturated rings. The van der Waals surface area contributed by atoms with Gasteiger partial charge in [-0.05, 0) is 56.6 Å². The molecule has 0 radical (unpaired) electrons. The quantitative estimate of drug-likeness (QED) is 0.903. The van der Waals surface area contributed by atoms with Crippen molar-refractivity contribution in [3.8, 4) is 5.75 Å². The van der Waals surface area contributed by atoms with E-state index in [1.807, 2.05) is 0 Å². The maximum Gasteiger partial charge on any atom is 0.335 e. The highest BCUT2D eigenvalue weighted by atomic mass is 35.5. The number of halogens is 1. The third kappa shape index (κ3) is 4.40. The Balaban J connectivity index is 0.00000180. The smallest absolute Gasteiger partial charge is 0.335 e. The van der Waals surface area contributed by atoms with Gasteiger partial charge in [-0.2, -0.15) is 0 Å². The summed E-state index contributed by atoms with van der Waals surface area (Å²) in [5.74, 6) is -0.146. The fraction of sp³-hybridized carbons (Fsp3) is 0.500. The van der Waals surface area contributed by atoms with Gasteiger partial charge >= 0.3 is 5.97 Å². The number of nitrogens with zero attached hydrogens (tertiary/aromatic N) is 1. The minimum atomic E-state index is -0.892. The molecule has 1 aliphatic rings. The lowest BCUT2D eigenvalue weighted by Crippen LogP contribution is -2.25. The van der Waals surface area contributed by atoms with Crippen molar-refractivity contribution < 1.29 is 14.6 Å². The van der Waals surface area contributed by atoms with Crippen molar-refractivity contribution in [2.75, 3.05) is 26.2 Å². The second-order valence-corrected chi connectivity index (χ2v) is 4.68. The van der Waals surface area contributed by atoms with Crippen LogP contribution in [0.4, 0.5) is 0 Å². The molecule has 0 saturated carbocycles. The predicted octanol–water partition coefficient (Wildman–Crippen LogP) is 2.59. The molecule has 1 heterocycles. The number of aromatic carboxylic acids is 1. The topological polar surface area (TPSA) is 49.8 Å². The van der Waals surface area contributed by atoms with Crippen molar-refractivity contribution in [2.45, 2.75) is 19.8 Å². The van der Waals surface area contributed by atoms with E-state index in [9.17, 15) is 4.79 Å². The first-order valence-electron chi connectivity index (χ1n) is 6.36. The van der Waals surface area contributed by atoms with Gasteiger partial charge in [-0.25, -0.2) is 4.79 Å². The molecule has 1 aromatic rings. The molecule has 1 aromatic carbocycles. The van der Waals surface area contributed by atoms with E-state index in [-0.39, 0.29) is 12.4 Å². The lowest BCUT2D eigenvalue weighted by molar-refractivity contribution is 0.0696. The van der Waals surface area contributed by atoms with Crippen molar-refractivity contribution >= 4 is 18.4 Å². The maximum absolute atomic E-state index is 10.9. The molecule has 0 bridgehead atoms. The van der Waals surface area contributed by atoms with E-state index >= 15 is 0 Å². The number of hydrogen-bond donors (Lipinski definition) is 1. The van der Waals surface area contributed by atoms with Crippen LogP contribution in [0.15, 0.2) is 18.2 Å². The van der Waals surface area contributed by atoms with Crippen molar-refractivity contribution in [1.29, 1.82) is 0 Å². The summed E-state index contributed by atoms with van der Waals surface area (Å²) in [7, 11) is 0. The lowest BCUT2D eigenvalue weighted by Gasteiger charge is -2.15. The summed E-state index contributed by atoms with van der Waals surface area (Å²) < 4.78 is 5.65. The largest absolute Gasteiger partial charge is 0.492 e. The Labute approximate surface area is 119 Å². The highest BCUT2D eigenvalue weighted by Gasteiger charge is 2.11. The predicted molar refractivity (Wildman–Crippen MR) is 76.6 cm³/mol. The van der Waals surface area contributed by atoms with Gasteiger partial charge in [0.2, 0.25) is 0 Å². The second kappa shape index (κ2) is 7.36. The number of likely N-dealkylation sites (tertiary alicyclic amines) is 1. The zero-order valence-corrected chi connectivity index (χ0v) is 11.9. The number of carboxylic acids is 1. The maximum atomic E-state index is 10.9. The fourth-order valence-electron chi connectivity index (χ4n) is 2.26. The van der Waals surface area contributed by atoms with Crippen LogP contribution in [0.3, 0.4) is 0 Å². The summed E-state index contributed by atoms with van der Waals surface area (Å²) in [6.07, 6.45) is 2.57. The van der Waals surface area contributed by atoms with Gasteiger partial charge in [-0.15, -0.1) is 12.4 Å². The molecule has 0 amide bonds. The molecule has 1 aliphatic heterocycles. The number of carbonyl (C=O) groups is 1. The molecule has 106 valence electrons. The summed E-state index contributed by atoms with van der Waals surface area (Å²) in [6, 6.07) is 5.11. The zero-order valence-electron chi connectivity index (χ0n) is 11.1. The Bertz CT molecular complexity index is 431. The number of ether oxygens (including phenoxy) is 1.